The first kappa shape index (κ1) is 12.0. The number of hydrogen-bond acceptors (Lipinski definition) is 3. The second-order valence-corrected chi connectivity index (χ2v) is 4.67. The summed E-state index contributed by atoms with van der Waals surface area (Å²) in [6, 6.07) is 1.86. The van der Waals surface area contributed by atoms with Gasteiger partial charge in [0.2, 0.25) is 0 Å². The van der Waals surface area contributed by atoms with Gasteiger partial charge in [0.1, 0.15) is 0 Å². The van der Waals surface area contributed by atoms with Crippen LogP contribution in [0.1, 0.15) is 28.8 Å². The Morgan fingerprint density at radius 3 is 3.18 bits per heavy atom. The molecule has 2 rings (SSSR count). The zero-order valence-corrected chi connectivity index (χ0v) is 10.2. The summed E-state index contributed by atoms with van der Waals surface area (Å²) < 4.78 is 0. The number of hydrogen-bond donors (Lipinski definition) is 2. The number of carbonyl (C=O) groups is 1. The highest BCUT2D eigenvalue weighted by atomic mass is 16.1. The molecule has 0 bridgehead atoms. The van der Waals surface area contributed by atoms with Crippen molar-refractivity contribution in [3.05, 3.63) is 29.6 Å². The van der Waals surface area contributed by atoms with Crippen LogP contribution in [-0.4, -0.2) is 30.5 Å². The van der Waals surface area contributed by atoms with Gasteiger partial charge in [-0.2, -0.15) is 0 Å². The maximum Gasteiger partial charge on any atom is 0.252 e. The van der Waals surface area contributed by atoms with Gasteiger partial charge in [-0.15, -0.1) is 0 Å². The second kappa shape index (κ2) is 5.77. The first-order valence-electron chi connectivity index (χ1n) is 6.16. The number of nitrogens with zero attached hydrogens (tertiary/aromatic N) is 1. The lowest BCUT2D eigenvalue weighted by Crippen LogP contribution is -2.38. The zero-order chi connectivity index (χ0) is 12.1. The molecular formula is C13H19N3O. The molecule has 2 N–H and O–H groups in total. The van der Waals surface area contributed by atoms with Gasteiger partial charge >= 0.3 is 0 Å². The van der Waals surface area contributed by atoms with Gasteiger partial charge in [-0.25, -0.2) is 0 Å². The van der Waals surface area contributed by atoms with Crippen LogP contribution >= 0.6 is 0 Å². The topological polar surface area (TPSA) is 54.0 Å². The third-order valence-electron chi connectivity index (χ3n) is 3.09. The van der Waals surface area contributed by atoms with Crippen LogP contribution in [0.4, 0.5) is 0 Å². The highest BCUT2D eigenvalue weighted by Crippen LogP contribution is 2.08. The zero-order valence-electron chi connectivity index (χ0n) is 10.2. The fourth-order valence-electron chi connectivity index (χ4n) is 2.12. The molecule has 1 fully saturated rings. The van der Waals surface area contributed by atoms with E-state index < -0.39 is 0 Å². The fraction of sp³-hybridized carbons (Fsp3) is 0.538. The number of aromatic nitrogens is 1. The average Bonchev–Trinajstić information content (AvgIpc) is 2.37. The Morgan fingerprint density at radius 2 is 2.47 bits per heavy atom. The van der Waals surface area contributed by atoms with Gasteiger partial charge < -0.3 is 10.6 Å². The first-order valence-corrected chi connectivity index (χ1v) is 6.16. The monoisotopic (exact) mass is 233 g/mol. The van der Waals surface area contributed by atoms with Crippen molar-refractivity contribution in [3.63, 3.8) is 0 Å². The highest BCUT2D eigenvalue weighted by Gasteiger charge is 2.14. The van der Waals surface area contributed by atoms with E-state index in [0.29, 0.717) is 11.5 Å². The average molecular weight is 233 g/mol. The minimum Gasteiger partial charge on any atom is -0.352 e. The van der Waals surface area contributed by atoms with Crippen molar-refractivity contribution in [2.24, 2.45) is 5.92 Å². The highest BCUT2D eigenvalue weighted by molar-refractivity contribution is 5.93. The molecule has 1 atom stereocenters. The molecule has 4 heteroatoms. The van der Waals surface area contributed by atoms with E-state index in [-0.39, 0.29) is 5.91 Å². The number of amides is 1. The lowest BCUT2D eigenvalue weighted by Gasteiger charge is -2.22. The van der Waals surface area contributed by atoms with E-state index in [9.17, 15) is 4.79 Å². The molecule has 1 unspecified atom stereocenters. The lowest BCUT2D eigenvalue weighted by molar-refractivity contribution is 0.0944. The van der Waals surface area contributed by atoms with E-state index >= 15 is 0 Å². The second-order valence-electron chi connectivity index (χ2n) is 4.67. The number of carbonyl (C=O) groups excluding carboxylic acids is 1. The molecule has 17 heavy (non-hydrogen) atoms. The Balaban J connectivity index is 1.84. The summed E-state index contributed by atoms with van der Waals surface area (Å²) in [7, 11) is 0. The standard InChI is InChI=1S/C13H19N3O/c1-10-5-12(9-15-6-10)13(17)16-8-11-3-2-4-14-7-11/h5-6,9,11,14H,2-4,7-8H2,1H3,(H,16,17). The van der Waals surface area contributed by atoms with Gasteiger partial charge in [0.25, 0.3) is 5.91 Å². The largest absolute Gasteiger partial charge is 0.352 e. The smallest absolute Gasteiger partial charge is 0.252 e. The third kappa shape index (κ3) is 3.53. The van der Waals surface area contributed by atoms with Crippen molar-refractivity contribution < 1.29 is 4.79 Å². The predicted molar refractivity (Wildman–Crippen MR) is 66.9 cm³/mol. The SMILES string of the molecule is Cc1cncc(C(=O)NCC2CCCNC2)c1. The molecule has 1 aliphatic rings. The molecule has 1 aromatic heterocycles. The number of nitrogens with one attached hydrogen (secondary N) is 2. The molecule has 0 radical (unpaired) electrons. The molecule has 1 aliphatic heterocycles. The Morgan fingerprint density at radius 1 is 1.59 bits per heavy atom. The van der Waals surface area contributed by atoms with Crippen molar-refractivity contribution in [1.29, 1.82) is 0 Å². The summed E-state index contributed by atoms with van der Waals surface area (Å²) >= 11 is 0. The van der Waals surface area contributed by atoms with E-state index in [1.807, 2.05) is 13.0 Å². The van der Waals surface area contributed by atoms with Crippen LogP contribution in [0.5, 0.6) is 0 Å². The minimum atomic E-state index is -0.0215. The van der Waals surface area contributed by atoms with Crippen molar-refractivity contribution in [2.75, 3.05) is 19.6 Å². The van der Waals surface area contributed by atoms with Gasteiger partial charge in [-0.1, -0.05) is 0 Å². The Bertz CT molecular complexity index is 386. The van der Waals surface area contributed by atoms with E-state index in [1.165, 1.54) is 12.8 Å². The van der Waals surface area contributed by atoms with Crippen molar-refractivity contribution in [2.45, 2.75) is 19.8 Å². The Hall–Kier alpha value is -1.42. The van der Waals surface area contributed by atoms with Gasteiger partial charge in [-0.05, 0) is 50.4 Å². The molecule has 0 aliphatic carbocycles. The lowest BCUT2D eigenvalue weighted by atomic mass is 10.00. The van der Waals surface area contributed by atoms with Crippen LogP contribution in [0.2, 0.25) is 0 Å². The Kier molecular flexibility index (Phi) is 4.09. The van der Waals surface area contributed by atoms with Crippen LogP contribution in [-0.2, 0) is 0 Å². The molecule has 0 spiro atoms. The molecule has 0 saturated carbocycles. The first-order chi connectivity index (χ1) is 8.25. The van der Waals surface area contributed by atoms with Gasteiger partial charge in [-0.3, -0.25) is 9.78 Å². The molecular weight excluding hydrogens is 214 g/mol. The van der Waals surface area contributed by atoms with Gasteiger partial charge in [0.15, 0.2) is 0 Å². The molecule has 0 aromatic carbocycles. The van der Waals surface area contributed by atoms with Crippen LogP contribution in [0, 0.1) is 12.8 Å². The summed E-state index contributed by atoms with van der Waals surface area (Å²) in [6.07, 6.45) is 5.76. The predicted octanol–water partition coefficient (Wildman–Crippen LogP) is 1.12. The van der Waals surface area contributed by atoms with Crippen molar-refractivity contribution in [3.8, 4) is 0 Å². The maximum absolute atomic E-state index is 11.9. The summed E-state index contributed by atoms with van der Waals surface area (Å²) in [6.45, 7) is 4.80. The maximum atomic E-state index is 11.9. The number of rotatable bonds is 3. The van der Waals surface area contributed by atoms with Crippen LogP contribution < -0.4 is 10.6 Å². The summed E-state index contributed by atoms with van der Waals surface area (Å²) in [5, 5.41) is 6.32. The van der Waals surface area contributed by atoms with Gasteiger partial charge in [0, 0.05) is 18.9 Å². The van der Waals surface area contributed by atoms with Crippen molar-refractivity contribution in [1.82, 2.24) is 15.6 Å². The molecule has 1 amide bonds. The fourth-order valence-corrected chi connectivity index (χ4v) is 2.12. The van der Waals surface area contributed by atoms with E-state index in [4.69, 9.17) is 0 Å². The van der Waals surface area contributed by atoms with Crippen molar-refractivity contribution >= 4 is 5.91 Å². The number of aryl methyl sites for hydroxylation is 1. The summed E-state index contributed by atoms with van der Waals surface area (Å²) in [5.41, 5.74) is 1.66. The normalized spacial score (nSPS) is 19.9. The molecule has 2 heterocycles. The third-order valence-corrected chi connectivity index (χ3v) is 3.09. The Labute approximate surface area is 102 Å². The quantitative estimate of drug-likeness (QED) is 0.822. The minimum absolute atomic E-state index is 0.0215. The van der Waals surface area contributed by atoms with Gasteiger partial charge in [0.05, 0.1) is 5.56 Å². The van der Waals surface area contributed by atoms with E-state index in [0.717, 1.165) is 25.2 Å². The van der Waals surface area contributed by atoms with Crippen LogP contribution in [0.3, 0.4) is 0 Å². The summed E-state index contributed by atoms with van der Waals surface area (Å²) in [5.74, 6) is 0.539. The number of pyridine rings is 1. The molecule has 4 nitrogen and oxygen atoms in total. The summed E-state index contributed by atoms with van der Waals surface area (Å²) in [4.78, 5) is 15.9. The van der Waals surface area contributed by atoms with E-state index in [1.54, 1.807) is 12.4 Å². The molecule has 1 aromatic rings. The molecule has 92 valence electrons. The van der Waals surface area contributed by atoms with E-state index in [2.05, 4.69) is 15.6 Å². The molecule has 1 saturated heterocycles. The van der Waals surface area contributed by atoms with Crippen LogP contribution in [0.15, 0.2) is 18.5 Å². The van der Waals surface area contributed by atoms with Crippen LogP contribution in [0.25, 0.3) is 0 Å². The number of piperidine rings is 1.